The third-order valence-electron chi connectivity index (χ3n) is 4.41. The highest BCUT2D eigenvalue weighted by Gasteiger charge is 2.35. The van der Waals surface area contributed by atoms with E-state index >= 15 is 0 Å². The third-order valence-corrected chi connectivity index (χ3v) is 6.42. The molecule has 2 aromatic carbocycles. The van der Waals surface area contributed by atoms with Crippen molar-refractivity contribution in [1.82, 2.24) is 9.62 Å². The van der Waals surface area contributed by atoms with Crippen LogP contribution in [0.5, 0.6) is 5.75 Å². The first kappa shape index (κ1) is 19.0. The first-order chi connectivity index (χ1) is 11.1. The number of sulfonamides is 1. The van der Waals surface area contributed by atoms with Crippen LogP contribution in [0.1, 0.15) is 12.8 Å². The zero-order valence-electron chi connectivity index (χ0n) is 13.9. The van der Waals surface area contributed by atoms with Crippen LogP contribution in [0.25, 0.3) is 10.8 Å². The fourth-order valence-electron chi connectivity index (χ4n) is 3.34. The molecule has 1 unspecified atom stereocenters. The quantitative estimate of drug-likeness (QED) is 0.879. The molecule has 24 heavy (non-hydrogen) atoms. The normalized spacial score (nSPS) is 18.5. The number of rotatable bonds is 5. The van der Waals surface area contributed by atoms with Gasteiger partial charge in [-0.25, -0.2) is 8.42 Å². The Labute approximate surface area is 149 Å². The van der Waals surface area contributed by atoms with Crippen LogP contribution in [0.2, 0.25) is 0 Å². The van der Waals surface area contributed by atoms with E-state index in [0.717, 1.165) is 18.2 Å². The van der Waals surface area contributed by atoms with Crippen molar-refractivity contribution in [3.63, 3.8) is 0 Å². The molecule has 0 amide bonds. The first-order valence-corrected chi connectivity index (χ1v) is 9.25. The van der Waals surface area contributed by atoms with Crippen molar-refractivity contribution in [3.8, 4) is 5.75 Å². The molecule has 132 valence electrons. The van der Waals surface area contributed by atoms with Gasteiger partial charge < -0.3 is 10.1 Å². The number of halogens is 1. The minimum absolute atomic E-state index is 0. The molecule has 1 aliphatic heterocycles. The van der Waals surface area contributed by atoms with Gasteiger partial charge in [0.05, 0.1) is 12.0 Å². The van der Waals surface area contributed by atoms with Crippen LogP contribution in [-0.2, 0) is 10.0 Å². The maximum atomic E-state index is 13.2. The zero-order chi connectivity index (χ0) is 16.4. The highest BCUT2D eigenvalue weighted by molar-refractivity contribution is 7.89. The Balaban J connectivity index is 0.00000208. The minimum Gasteiger partial charge on any atom is -0.496 e. The fourth-order valence-corrected chi connectivity index (χ4v) is 5.23. The smallest absolute Gasteiger partial charge is 0.243 e. The molecule has 3 rings (SSSR count). The second kappa shape index (κ2) is 7.70. The van der Waals surface area contributed by atoms with Crippen LogP contribution in [0.4, 0.5) is 0 Å². The second-order valence-corrected chi connectivity index (χ2v) is 7.64. The summed E-state index contributed by atoms with van der Waals surface area (Å²) in [6, 6.07) is 10.9. The number of hydrogen-bond donors (Lipinski definition) is 1. The predicted octanol–water partition coefficient (Wildman–Crippen LogP) is 2.64. The van der Waals surface area contributed by atoms with Gasteiger partial charge in [0, 0.05) is 29.9 Å². The van der Waals surface area contributed by atoms with E-state index in [9.17, 15) is 8.42 Å². The van der Waals surface area contributed by atoms with Crippen LogP contribution in [0.15, 0.2) is 41.3 Å². The molecule has 5 nitrogen and oxygen atoms in total. The first-order valence-electron chi connectivity index (χ1n) is 7.81. The highest BCUT2D eigenvalue weighted by atomic mass is 35.5. The van der Waals surface area contributed by atoms with Gasteiger partial charge in [0.2, 0.25) is 10.0 Å². The number of ether oxygens (including phenoxy) is 1. The Morgan fingerprint density at radius 2 is 1.92 bits per heavy atom. The second-order valence-electron chi connectivity index (χ2n) is 5.78. The molecule has 2 aromatic rings. The van der Waals surface area contributed by atoms with Crippen LogP contribution in [0, 0.1) is 0 Å². The average molecular weight is 371 g/mol. The molecule has 0 spiro atoms. The number of nitrogens with one attached hydrogen (secondary N) is 1. The largest absolute Gasteiger partial charge is 0.496 e. The van der Waals surface area contributed by atoms with Crippen LogP contribution in [0.3, 0.4) is 0 Å². The lowest BCUT2D eigenvalue weighted by Gasteiger charge is -2.24. The molecule has 1 atom stereocenters. The molecule has 0 aromatic heterocycles. The number of benzene rings is 2. The average Bonchev–Trinajstić information content (AvgIpc) is 3.03. The molecule has 0 radical (unpaired) electrons. The van der Waals surface area contributed by atoms with Gasteiger partial charge in [-0.3, -0.25) is 0 Å². The molecular formula is C17H23ClN2O3S. The molecule has 7 heteroatoms. The summed E-state index contributed by atoms with van der Waals surface area (Å²) in [5, 5.41) is 4.62. The van der Waals surface area contributed by atoms with E-state index in [1.807, 2.05) is 31.3 Å². The SMILES string of the molecule is CNCC1CCCN1S(=O)(=O)c1ccc(OC)c2ccccc12.Cl. The van der Waals surface area contributed by atoms with Gasteiger partial charge >= 0.3 is 0 Å². The Bertz CT molecular complexity index is 811. The van der Waals surface area contributed by atoms with Gasteiger partial charge in [0.15, 0.2) is 0 Å². The van der Waals surface area contributed by atoms with E-state index < -0.39 is 10.0 Å². The topological polar surface area (TPSA) is 58.6 Å². The summed E-state index contributed by atoms with van der Waals surface area (Å²) in [5.74, 6) is 0.688. The lowest BCUT2D eigenvalue weighted by Crippen LogP contribution is -2.40. The van der Waals surface area contributed by atoms with Gasteiger partial charge in [0.1, 0.15) is 5.75 Å². The molecule has 0 aliphatic carbocycles. The van der Waals surface area contributed by atoms with Crippen molar-refractivity contribution < 1.29 is 13.2 Å². The predicted molar refractivity (Wildman–Crippen MR) is 98.6 cm³/mol. The van der Waals surface area contributed by atoms with Gasteiger partial charge in [-0.15, -0.1) is 12.4 Å². The summed E-state index contributed by atoms with van der Waals surface area (Å²) in [5.41, 5.74) is 0. The summed E-state index contributed by atoms with van der Waals surface area (Å²) in [6.45, 7) is 1.25. The van der Waals surface area contributed by atoms with Crippen molar-refractivity contribution in [2.75, 3.05) is 27.2 Å². The lowest BCUT2D eigenvalue weighted by atomic mass is 10.1. The van der Waals surface area contributed by atoms with E-state index in [0.29, 0.717) is 29.1 Å². The summed E-state index contributed by atoms with van der Waals surface area (Å²) in [7, 11) is -0.0742. The third kappa shape index (κ3) is 3.24. The van der Waals surface area contributed by atoms with Crippen molar-refractivity contribution in [1.29, 1.82) is 0 Å². The van der Waals surface area contributed by atoms with Gasteiger partial charge in [-0.2, -0.15) is 4.31 Å². The van der Waals surface area contributed by atoms with Crippen LogP contribution < -0.4 is 10.1 Å². The zero-order valence-corrected chi connectivity index (χ0v) is 15.5. The van der Waals surface area contributed by atoms with Crippen molar-refractivity contribution >= 4 is 33.2 Å². The Morgan fingerprint density at radius 1 is 1.21 bits per heavy atom. The fraction of sp³-hybridized carbons (Fsp3) is 0.412. The van der Waals surface area contributed by atoms with Crippen LogP contribution >= 0.6 is 12.4 Å². The summed E-state index contributed by atoms with van der Waals surface area (Å²) < 4.78 is 33.4. The van der Waals surface area contributed by atoms with E-state index in [1.54, 1.807) is 23.5 Å². The number of methoxy groups -OCH3 is 1. The number of fused-ring (bicyclic) bond motifs is 1. The standard InChI is InChI=1S/C17H22N2O3S.ClH/c1-18-12-13-6-5-11-19(13)23(20,21)17-10-9-16(22-2)14-7-3-4-8-15(14)17;/h3-4,7-10,13,18H,5-6,11-12H2,1-2H3;1H. The molecule has 1 fully saturated rings. The monoisotopic (exact) mass is 370 g/mol. The molecule has 1 aliphatic rings. The molecule has 1 heterocycles. The molecule has 0 saturated carbocycles. The Hall–Kier alpha value is -1.34. The van der Waals surface area contributed by atoms with E-state index in [1.165, 1.54) is 0 Å². The summed E-state index contributed by atoms with van der Waals surface area (Å²) in [6.07, 6.45) is 1.80. The maximum Gasteiger partial charge on any atom is 0.243 e. The molecule has 1 N–H and O–H groups in total. The summed E-state index contributed by atoms with van der Waals surface area (Å²) in [4.78, 5) is 0.358. The van der Waals surface area contributed by atoms with Gasteiger partial charge in [-0.05, 0) is 32.0 Å². The number of hydrogen-bond acceptors (Lipinski definition) is 4. The van der Waals surface area contributed by atoms with E-state index in [4.69, 9.17) is 4.74 Å². The molecule has 1 saturated heterocycles. The maximum absolute atomic E-state index is 13.2. The lowest BCUT2D eigenvalue weighted by molar-refractivity contribution is 0.379. The van der Waals surface area contributed by atoms with E-state index in [2.05, 4.69) is 5.32 Å². The van der Waals surface area contributed by atoms with E-state index in [-0.39, 0.29) is 18.4 Å². The van der Waals surface area contributed by atoms with Crippen molar-refractivity contribution in [3.05, 3.63) is 36.4 Å². The van der Waals surface area contributed by atoms with Crippen molar-refractivity contribution in [2.24, 2.45) is 0 Å². The van der Waals surface area contributed by atoms with Gasteiger partial charge in [0.25, 0.3) is 0 Å². The highest BCUT2D eigenvalue weighted by Crippen LogP contribution is 2.34. The number of nitrogens with zero attached hydrogens (tertiary/aromatic N) is 1. The Morgan fingerprint density at radius 3 is 2.58 bits per heavy atom. The van der Waals surface area contributed by atoms with Crippen LogP contribution in [-0.4, -0.2) is 46.0 Å². The molecular weight excluding hydrogens is 348 g/mol. The minimum atomic E-state index is -3.52. The molecule has 0 bridgehead atoms. The number of likely N-dealkylation sites (N-methyl/N-ethyl adjacent to an activating group) is 1. The van der Waals surface area contributed by atoms with Crippen molar-refractivity contribution in [2.45, 2.75) is 23.8 Å². The Kier molecular flexibility index (Phi) is 6.09. The summed E-state index contributed by atoms with van der Waals surface area (Å²) >= 11 is 0. The van der Waals surface area contributed by atoms with Gasteiger partial charge in [-0.1, -0.05) is 24.3 Å².